The Kier molecular flexibility index (Phi) is 7.37. The van der Waals surface area contributed by atoms with Gasteiger partial charge in [-0.25, -0.2) is 32.2 Å². The first kappa shape index (κ1) is 27.2. The van der Waals surface area contributed by atoms with Crippen LogP contribution in [0.2, 0.25) is 0 Å². The first-order valence-corrected chi connectivity index (χ1v) is 15.2. The summed E-state index contributed by atoms with van der Waals surface area (Å²) in [5, 5.41) is 10.5. The van der Waals surface area contributed by atoms with Crippen molar-refractivity contribution in [2.24, 2.45) is 5.92 Å². The molecule has 0 spiro atoms. The minimum absolute atomic E-state index is 0.133. The van der Waals surface area contributed by atoms with Crippen molar-refractivity contribution < 1.29 is 17.2 Å². The Morgan fingerprint density at radius 3 is 2.46 bits per heavy atom. The van der Waals surface area contributed by atoms with Crippen molar-refractivity contribution in [3.05, 3.63) is 60.8 Å². The molecule has 0 unspecified atom stereocenters. The van der Waals surface area contributed by atoms with Crippen LogP contribution in [0.5, 0.6) is 0 Å². The predicted octanol–water partition coefficient (Wildman–Crippen LogP) is 5.81. The van der Waals surface area contributed by atoms with E-state index in [1.165, 1.54) is 24.7 Å². The summed E-state index contributed by atoms with van der Waals surface area (Å²) in [7, 11) is -3.49. The highest BCUT2D eigenvalue weighted by atomic mass is 32.2. The van der Waals surface area contributed by atoms with Crippen molar-refractivity contribution >= 4 is 27.3 Å². The number of halogens is 2. The molecule has 2 saturated carbocycles. The second-order valence-corrected chi connectivity index (χ2v) is 12.8. The Hall–Kier alpha value is -4.00. The van der Waals surface area contributed by atoms with Gasteiger partial charge in [-0.2, -0.15) is 9.19 Å². The Bertz CT molecular complexity index is 1630. The molecule has 2 fully saturated rings. The molecular weight excluding hydrogens is 550 g/mol. The van der Waals surface area contributed by atoms with Crippen molar-refractivity contribution in [2.45, 2.75) is 63.2 Å². The number of anilines is 3. The molecule has 0 aliphatic heterocycles. The van der Waals surface area contributed by atoms with Gasteiger partial charge in [0.1, 0.15) is 11.6 Å². The number of nitrogens with zero attached hydrogens (tertiary/aromatic N) is 6. The molecule has 6 rings (SSSR count). The van der Waals surface area contributed by atoms with Gasteiger partial charge >= 0.3 is 0 Å². The summed E-state index contributed by atoms with van der Waals surface area (Å²) in [5.74, 6) is 1.99. The van der Waals surface area contributed by atoms with Crippen molar-refractivity contribution in [1.29, 1.82) is 0 Å². The summed E-state index contributed by atoms with van der Waals surface area (Å²) >= 11 is 0. The summed E-state index contributed by atoms with van der Waals surface area (Å²) in [5.41, 5.74) is 2.39. The minimum Gasteiger partial charge on any atom is -0.382 e. The quantitative estimate of drug-likeness (QED) is 0.252. The lowest BCUT2D eigenvalue weighted by molar-refractivity contribution is 0.151. The number of nitrogens with one attached hydrogen (secondary N) is 2. The molecule has 0 aromatic carbocycles. The van der Waals surface area contributed by atoms with E-state index in [-0.39, 0.29) is 16.9 Å². The lowest BCUT2D eigenvalue weighted by Gasteiger charge is -2.28. The van der Waals surface area contributed by atoms with E-state index in [2.05, 4.69) is 42.6 Å². The lowest BCUT2D eigenvalue weighted by atomic mass is 9.87. The highest BCUT2D eigenvalue weighted by Crippen LogP contribution is 2.34. The van der Waals surface area contributed by atoms with Crippen LogP contribution in [-0.4, -0.2) is 48.8 Å². The van der Waals surface area contributed by atoms with E-state index in [1.807, 2.05) is 6.07 Å². The van der Waals surface area contributed by atoms with Gasteiger partial charge in [0, 0.05) is 47.5 Å². The zero-order valence-corrected chi connectivity index (χ0v) is 23.2. The number of aromatic nitrogens is 6. The summed E-state index contributed by atoms with van der Waals surface area (Å²) in [6.45, 7) is 2.26. The molecule has 0 bridgehead atoms. The van der Waals surface area contributed by atoms with Gasteiger partial charge in [-0.3, -0.25) is 4.98 Å². The molecule has 2 N–H and O–H groups in total. The lowest BCUT2D eigenvalue weighted by Crippen LogP contribution is -2.25. The van der Waals surface area contributed by atoms with Crippen LogP contribution in [0, 0.1) is 5.92 Å². The summed E-state index contributed by atoms with van der Waals surface area (Å²) in [6.07, 6.45) is 10.3. The zero-order chi connectivity index (χ0) is 28.6. The molecule has 4 heterocycles. The monoisotopic (exact) mass is 580 g/mol. The normalized spacial score (nSPS) is 19.3. The molecule has 4 aromatic heterocycles. The average molecular weight is 581 g/mol. The highest BCUT2D eigenvalue weighted by Gasteiger charge is 2.37. The van der Waals surface area contributed by atoms with Gasteiger partial charge < -0.3 is 10.6 Å². The Balaban J connectivity index is 1.26. The molecule has 0 radical (unpaired) electrons. The third kappa shape index (κ3) is 6.04. The third-order valence-corrected chi connectivity index (χ3v) is 9.57. The molecule has 13 heteroatoms. The molecular formula is C28H30F2N8O2S. The van der Waals surface area contributed by atoms with Crippen molar-refractivity contribution in [3.63, 3.8) is 0 Å². The number of rotatable bonds is 9. The zero-order valence-electron chi connectivity index (χ0n) is 22.4. The SMILES string of the molecule is CC1CCC(Nc2cc(Nc3ccnc(-c4cnn(S(=O)(=O)C5CC5)c4)n3)ncc2-c2ccc(C(F)F)cn2)CC1. The summed E-state index contributed by atoms with van der Waals surface area (Å²) < 4.78 is 52.2. The Morgan fingerprint density at radius 2 is 1.76 bits per heavy atom. The fraction of sp³-hybridized carbons (Fsp3) is 0.393. The van der Waals surface area contributed by atoms with Gasteiger partial charge in [0.25, 0.3) is 16.4 Å². The van der Waals surface area contributed by atoms with Gasteiger partial charge in [-0.05, 0) is 62.6 Å². The molecule has 0 atom stereocenters. The van der Waals surface area contributed by atoms with Crippen LogP contribution < -0.4 is 10.6 Å². The minimum atomic E-state index is -3.49. The second-order valence-electron chi connectivity index (χ2n) is 10.7. The van der Waals surface area contributed by atoms with Crippen LogP contribution in [-0.2, 0) is 10.0 Å². The molecule has 4 aromatic rings. The van der Waals surface area contributed by atoms with Crippen LogP contribution >= 0.6 is 0 Å². The van der Waals surface area contributed by atoms with Gasteiger partial charge in [-0.15, -0.1) is 0 Å². The molecule has 214 valence electrons. The number of pyridine rings is 2. The maximum Gasteiger partial charge on any atom is 0.265 e. The van der Waals surface area contributed by atoms with Gasteiger partial charge in [0.15, 0.2) is 5.82 Å². The number of hydrogen-bond donors (Lipinski definition) is 2. The van der Waals surface area contributed by atoms with Crippen molar-refractivity contribution in [2.75, 3.05) is 10.6 Å². The first-order valence-electron chi connectivity index (χ1n) is 13.7. The molecule has 2 aliphatic rings. The van der Waals surface area contributed by atoms with Crippen molar-refractivity contribution in [1.82, 2.24) is 29.1 Å². The Morgan fingerprint density at radius 1 is 0.951 bits per heavy atom. The van der Waals surface area contributed by atoms with Crippen LogP contribution in [0.3, 0.4) is 0 Å². The smallest absolute Gasteiger partial charge is 0.265 e. The van der Waals surface area contributed by atoms with E-state index in [9.17, 15) is 17.2 Å². The maximum atomic E-state index is 13.1. The van der Waals surface area contributed by atoms with E-state index >= 15 is 0 Å². The fourth-order valence-corrected chi connectivity index (χ4v) is 6.42. The summed E-state index contributed by atoms with van der Waals surface area (Å²) in [4.78, 5) is 17.6. The largest absolute Gasteiger partial charge is 0.382 e. The van der Waals surface area contributed by atoms with Gasteiger partial charge in [0.05, 0.1) is 28.9 Å². The standard InChI is InChI=1S/C28H30F2N8O2S/c1-17-2-5-20(6-3-17)35-24-12-26(33-15-22(24)23-9-4-18(13-32-23)27(29)30)36-25-10-11-31-28(37-25)19-14-34-38(16-19)41(39,40)21-7-8-21/h4,9-17,20-21,27H,2-3,5-8H2,1H3,(H2,31,33,35,36,37). The molecule has 0 saturated heterocycles. The number of alkyl halides is 2. The molecule has 2 aliphatic carbocycles. The first-order chi connectivity index (χ1) is 19.8. The van der Waals surface area contributed by atoms with E-state index < -0.39 is 16.4 Å². The van der Waals surface area contributed by atoms with E-state index in [0.29, 0.717) is 53.0 Å². The molecule has 10 nitrogen and oxygen atoms in total. The van der Waals surface area contributed by atoms with Crippen LogP contribution in [0.1, 0.15) is 57.4 Å². The van der Waals surface area contributed by atoms with Crippen LogP contribution in [0.4, 0.5) is 26.1 Å². The Labute approximate surface area is 236 Å². The van der Waals surface area contributed by atoms with E-state index in [1.54, 1.807) is 24.5 Å². The maximum absolute atomic E-state index is 13.1. The van der Waals surface area contributed by atoms with Crippen molar-refractivity contribution in [3.8, 4) is 22.6 Å². The van der Waals surface area contributed by atoms with E-state index in [4.69, 9.17) is 0 Å². The summed E-state index contributed by atoms with van der Waals surface area (Å²) in [6, 6.07) is 6.78. The third-order valence-electron chi connectivity index (χ3n) is 7.53. The van der Waals surface area contributed by atoms with Crippen LogP contribution in [0.25, 0.3) is 22.6 Å². The van der Waals surface area contributed by atoms with E-state index in [0.717, 1.165) is 35.5 Å². The molecule has 41 heavy (non-hydrogen) atoms. The predicted molar refractivity (Wildman–Crippen MR) is 151 cm³/mol. The van der Waals surface area contributed by atoms with Gasteiger partial charge in [-0.1, -0.05) is 6.92 Å². The average Bonchev–Trinajstić information content (AvgIpc) is 3.72. The highest BCUT2D eigenvalue weighted by molar-refractivity contribution is 7.90. The second kappa shape index (κ2) is 11.1. The topological polar surface area (TPSA) is 128 Å². The number of hydrogen-bond acceptors (Lipinski definition) is 9. The molecule has 0 amide bonds. The van der Waals surface area contributed by atoms with Gasteiger partial charge in [0.2, 0.25) is 0 Å². The van der Waals surface area contributed by atoms with Crippen LogP contribution in [0.15, 0.2) is 55.2 Å². The fourth-order valence-electron chi connectivity index (χ4n) is 4.94.